The van der Waals surface area contributed by atoms with E-state index in [1.165, 1.54) is 0 Å². The van der Waals surface area contributed by atoms with Crippen LogP contribution in [0.4, 0.5) is 5.69 Å². The number of benzene rings is 1. The fourth-order valence-electron chi connectivity index (χ4n) is 4.37. The third-order valence-electron chi connectivity index (χ3n) is 5.71. The van der Waals surface area contributed by atoms with Crippen molar-refractivity contribution < 1.29 is 9.59 Å². The Morgan fingerprint density at radius 1 is 1.22 bits per heavy atom. The SMILES string of the molecule is O=C(N[C@H]1CCC[C@@]2(CCN(c3cccc(Cl)c3)C2=O)C1)c1ccccn1. The van der Waals surface area contributed by atoms with Gasteiger partial charge in [-0.15, -0.1) is 0 Å². The zero-order chi connectivity index (χ0) is 18.9. The summed E-state index contributed by atoms with van der Waals surface area (Å²) in [6.45, 7) is 0.695. The lowest BCUT2D eigenvalue weighted by Crippen LogP contribution is -2.46. The third-order valence-corrected chi connectivity index (χ3v) is 5.95. The van der Waals surface area contributed by atoms with E-state index in [-0.39, 0.29) is 23.3 Å². The molecule has 140 valence electrons. The van der Waals surface area contributed by atoms with E-state index >= 15 is 0 Å². The molecule has 1 aliphatic carbocycles. The lowest BCUT2D eigenvalue weighted by atomic mass is 9.71. The maximum atomic E-state index is 13.3. The lowest BCUT2D eigenvalue weighted by molar-refractivity contribution is -0.127. The number of aromatic nitrogens is 1. The van der Waals surface area contributed by atoms with Gasteiger partial charge in [-0.3, -0.25) is 14.6 Å². The monoisotopic (exact) mass is 383 g/mol. The second kappa shape index (κ2) is 7.31. The number of pyridine rings is 1. The second-order valence-corrected chi connectivity index (χ2v) is 7.89. The normalized spacial score (nSPS) is 25.0. The maximum absolute atomic E-state index is 13.3. The number of nitrogens with zero attached hydrogens (tertiary/aromatic N) is 2. The molecular formula is C21H22ClN3O2. The number of carbonyl (C=O) groups excluding carboxylic acids is 2. The van der Waals surface area contributed by atoms with Crippen LogP contribution in [0.3, 0.4) is 0 Å². The topological polar surface area (TPSA) is 62.3 Å². The number of amides is 2. The van der Waals surface area contributed by atoms with E-state index in [9.17, 15) is 9.59 Å². The van der Waals surface area contributed by atoms with Crippen molar-refractivity contribution in [2.45, 2.75) is 38.1 Å². The van der Waals surface area contributed by atoms with Crippen molar-refractivity contribution in [3.63, 3.8) is 0 Å². The van der Waals surface area contributed by atoms with Crippen LogP contribution < -0.4 is 10.2 Å². The summed E-state index contributed by atoms with van der Waals surface area (Å²) in [6.07, 6.45) is 5.81. The van der Waals surface area contributed by atoms with Crippen LogP contribution in [0.25, 0.3) is 0 Å². The molecule has 1 N–H and O–H groups in total. The molecular weight excluding hydrogens is 362 g/mol. The Labute approximate surface area is 163 Å². The Kier molecular flexibility index (Phi) is 4.87. The van der Waals surface area contributed by atoms with Gasteiger partial charge in [0.05, 0.1) is 5.41 Å². The highest BCUT2D eigenvalue weighted by atomic mass is 35.5. The molecule has 6 heteroatoms. The molecule has 5 nitrogen and oxygen atoms in total. The average molecular weight is 384 g/mol. The van der Waals surface area contributed by atoms with E-state index in [2.05, 4.69) is 10.3 Å². The standard InChI is InChI=1S/C21H22ClN3O2/c22-15-5-3-7-17(13-15)25-12-10-21(20(25)27)9-4-6-16(14-21)24-19(26)18-8-1-2-11-23-18/h1-3,5,7-8,11,13,16H,4,6,9-10,12,14H2,(H,24,26)/t16-,21+/m0/s1. The van der Waals surface area contributed by atoms with Crippen LogP contribution in [-0.4, -0.2) is 29.4 Å². The summed E-state index contributed by atoms with van der Waals surface area (Å²) in [6, 6.07) is 12.7. The van der Waals surface area contributed by atoms with Gasteiger partial charge in [-0.1, -0.05) is 30.2 Å². The van der Waals surface area contributed by atoms with Crippen LogP contribution >= 0.6 is 11.6 Å². The number of rotatable bonds is 3. The Balaban J connectivity index is 1.47. The van der Waals surface area contributed by atoms with Gasteiger partial charge in [-0.2, -0.15) is 0 Å². The summed E-state index contributed by atoms with van der Waals surface area (Å²) in [4.78, 5) is 31.6. The number of hydrogen-bond donors (Lipinski definition) is 1. The van der Waals surface area contributed by atoms with Gasteiger partial charge < -0.3 is 10.2 Å². The minimum Gasteiger partial charge on any atom is -0.348 e. The molecule has 1 aliphatic heterocycles. The van der Waals surface area contributed by atoms with E-state index in [4.69, 9.17) is 11.6 Å². The minimum atomic E-state index is -0.386. The van der Waals surface area contributed by atoms with Crippen LogP contribution in [-0.2, 0) is 4.79 Å². The quantitative estimate of drug-likeness (QED) is 0.876. The van der Waals surface area contributed by atoms with Crippen molar-refractivity contribution in [1.29, 1.82) is 0 Å². The highest BCUT2D eigenvalue weighted by molar-refractivity contribution is 6.31. The molecule has 2 heterocycles. The van der Waals surface area contributed by atoms with Gasteiger partial charge in [0.25, 0.3) is 5.91 Å². The first-order valence-electron chi connectivity index (χ1n) is 9.37. The van der Waals surface area contributed by atoms with Gasteiger partial charge >= 0.3 is 0 Å². The van der Waals surface area contributed by atoms with Gasteiger partial charge in [0.15, 0.2) is 0 Å². The third kappa shape index (κ3) is 3.56. The van der Waals surface area contributed by atoms with E-state index in [0.29, 0.717) is 23.7 Å². The maximum Gasteiger partial charge on any atom is 0.270 e. The van der Waals surface area contributed by atoms with Gasteiger partial charge in [-0.25, -0.2) is 0 Å². The highest BCUT2D eigenvalue weighted by Crippen LogP contribution is 2.46. The van der Waals surface area contributed by atoms with Gasteiger partial charge in [-0.05, 0) is 56.0 Å². The molecule has 27 heavy (non-hydrogen) atoms. The number of carbonyl (C=O) groups is 2. The predicted molar refractivity (Wildman–Crippen MR) is 105 cm³/mol. The molecule has 2 aromatic rings. The number of halogens is 1. The summed E-state index contributed by atoms with van der Waals surface area (Å²) in [5, 5.41) is 3.71. The molecule has 0 radical (unpaired) electrons. The first-order chi connectivity index (χ1) is 13.1. The summed E-state index contributed by atoms with van der Waals surface area (Å²) in [5.41, 5.74) is 0.877. The largest absolute Gasteiger partial charge is 0.348 e. The fourth-order valence-corrected chi connectivity index (χ4v) is 4.56. The predicted octanol–water partition coefficient (Wildman–Crippen LogP) is 3.83. The number of nitrogens with one attached hydrogen (secondary N) is 1. The summed E-state index contributed by atoms with van der Waals surface area (Å²) >= 11 is 6.10. The highest BCUT2D eigenvalue weighted by Gasteiger charge is 2.49. The van der Waals surface area contributed by atoms with Crippen molar-refractivity contribution >= 4 is 29.1 Å². The van der Waals surface area contributed by atoms with Crippen LogP contribution in [0.2, 0.25) is 5.02 Å². The molecule has 2 aliphatic rings. The lowest BCUT2D eigenvalue weighted by Gasteiger charge is -2.36. The summed E-state index contributed by atoms with van der Waals surface area (Å²) < 4.78 is 0. The van der Waals surface area contributed by atoms with Gasteiger partial charge in [0, 0.05) is 29.5 Å². The molecule has 2 fully saturated rings. The Morgan fingerprint density at radius 3 is 2.89 bits per heavy atom. The van der Waals surface area contributed by atoms with Crippen LogP contribution in [0.15, 0.2) is 48.7 Å². The molecule has 1 aromatic carbocycles. The van der Waals surface area contributed by atoms with Gasteiger partial charge in [0.1, 0.15) is 5.69 Å². The molecule has 0 unspecified atom stereocenters. The van der Waals surface area contributed by atoms with E-state index in [1.54, 1.807) is 24.4 Å². The number of anilines is 1. The zero-order valence-corrected chi connectivity index (χ0v) is 15.8. The molecule has 4 rings (SSSR count). The molecule has 2 amide bonds. The smallest absolute Gasteiger partial charge is 0.270 e. The average Bonchev–Trinajstić information content (AvgIpc) is 2.98. The Morgan fingerprint density at radius 2 is 2.11 bits per heavy atom. The van der Waals surface area contributed by atoms with Crippen molar-refractivity contribution in [1.82, 2.24) is 10.3 Å². The molecule has 1 saturated carbocycles. The Bertz CT molecular complexity index is 858. The van der Waals surface area contributed by atoms with Crippen LogP contribution in [0.5, 0.6) is 0 Å². The molecule has 0 bridgehead atoms. The zero-order valence-electron chi connectivity index (χ0n) is 15.0. The molecule has 2 atom stereocenters. The first-order valence-corrected chi connectivity index (χ1v) is 9.75. The summed E-state index contributed by atoms with van der Waals surface area (Å²) in [5.74, 6) is -0.0173. The van der Waals surface area contributed by atoms with Gasteiger partial charge in [0.2, 0.25) is 5.91 Å². The molecule has 1 spiro atoms. The minimum absolute atomic E-state index is 0.00322. The summed E-state index contributed by atoms with van der Waals surface area (Å²) in [7, 11) is 0. The van der Waals surface area contributed by atoms with Crippen molar-refractivity contribution in [2.24, 2.45) is 5.41 Å². The van der Waals surface area contributed by atoms with E-state index < -0.39 is 0 Å². The van der Waals surface area contributed by atoms with Crippen LogP contribution in [0.1, 0.15) is 42.6 Å². The number of hydrogen-bond acceptors (Lipinski definition) is 3. The van der Waals surface area contributed by atoms with Crippen molar-refractivity contribution in [3.05, 3.63) is 59.4 Å². The van der Waals surface area contributed by atoms with Crippen molar-refractivity contribution in [2.75, 3.05) is 11.4 Å². The Hall–Kier alpha value is -2.40. The first kappa shape index (κ1) is 18.0. The van der Waals surface area contributed by atoms with Crippen molar-refractivity contribution in [3.8, 4) is 0 Å². The van der Waals surface area contributed by atoms with E-state index in [0.717, 1.165) is 31.4 Å². The van der Waals surface area contributed by atoms with Crippen LogP contribution in [0, 0.1) is 5.41 Å². The molecule has 1 saturated heterocycles. The molecule has 1 aromatic heterocycles. The second-order valence-electron chi connectivity index (χ2n) is 7.45. The fraction of sp³-hybridized carbons (Fsp3) is 0.381. The van der Waals surface area contributed by atoms with E-state index in [1.807, 2.05) is 29.2 Å².